The zero-order chi connectivity index (χ0) is 14.4. The first kappa shape index (κ1) is 16.1. The summed E-state index contributed by atoms with van der Waals surface area (Å²) in [6.45, 7) is 4.75. The Balaban J connectivity index is 2.40. The second-order valence-electron chi connectivity index (χ2n) is 4.96. The highest BCUT2D eigenvalue weighted by atomic mass is 79.9. The molecule has 19 heavy (non-hydrogen) atoms. The Morgan fingerprint density at radius 3 is 2.58 bits per heavy atom. The van der Waals surface area contributed by atoms with Crippen molar-refractivity contribution in [1.29, 1.82) is 0 Å². The molecule has 0 spiro atoms. The quantitative estimate of drug-likeness (QED) is 0.794. The number of carbonyl (C=O) groups is 1. The number of nitrogens with one attached hydrogen (secondary N) is 1. The van der Waals surface area contributed by atoms with Gasteiger partial charge in [-0.2, -0.15) is 0 Å². The Morgan fingerprint density at radius 2 is 2.00 bits per heavy atom. The van der Waals surface area contributed by atoms with Gasteiger partial charge >= 0.3 is 0 Å². The van der Waals surface area contributed by atoms with Gasteiger partial charge in [-0.15, -0.1) is 0 Å². The maximum absolute atomic E-state index is 13.0. The highest BCUT2D eigenvalue weighted by Crippen LogP contribution is 2.12. The van der Waals surface area contributed by atoms with Gasteiger partial charge in [-0.3, -0.25) is 4.79 Å². The van der Waals surface area contributed by atoms with Crippen molar-refractivity contribution in [2.45, 2.75) is 31.5 Å². The molecule has 0 saturated heterocycles. The van der Waals surface area contributed by atoms with Crippen molar-refractivity contribution in [3.05, 3.63) is 35.4 Å². The zero-order valence-electron chi connectivity index (χ0n) is 11.1. The van der Waals surface area contributed by atoms with E-state index in [1.54, 1.807) is 0 Å². The van der Waals surface area contributed by atoms with Gasteiger partial charge in [-0.25, -0.2) is 8.78 Å². The Kier molecular flexibility index (Phi) is 6.42. The van der Waals surface area contributed by atoms with Crippen LogP contribution in [0.15, 0.2) is 18.2 Å². The fraction of sp³-hybridized carbons (Fsp3) is 0.500. The molecule has 0 fully saturated rings. The van der Waals surface area contributed by atoms with Crippen LogP contribution < -0.4 is 5.32 Å². The average molecular weight is 334 g/mol. The number of rotatable bonds is 6. The standard InChI is InChI=1S/C14H18BrF2NO/c1-9(2)5-11(15)8-18-14(19)7-10-3-4-12(16)13(17)6-10/h3-4,6,9,11H,5,7-8H2,1-2H3,(H,18,19). The molecule has 0 aromatic heterocycles. The number of hydrogen-bond acceptors (Lipinski definition) is 1. The first-order valence-corrected chi connectivity index (χ1v) is 7.14. The second-order valence-corrected chi connectivity index (χ2v) is 6.25. The van der Waals surface area contributed by atoms with Crippen LogP contribution >= 0.6 is 15.9 Å². The van der Waals surface area contributed by atoms with E-state index in [1.807, 2.05) is 0 Å². The Bertz CT molecular complexity index is 437. The van der Waals surface area contributed by atoms with E-state index in [9.17, 15) is 13.6 Å². The lowest BCUT2D eigenvalue weighted by molar-refractivity contribution is -0.120. The summed E-state index contributed by atoms with van der Waals surface area (Å²) in [6.07, 6.45) is 1.02. The number of amides is 1. The number of benzene rings is 1. The van der Waals surface area contributed by atoms with E-state index in [-0.39, 0.29) is 17.2 Å². The fourth-order valence-corrected chi connectivity index (χ4v) is 2.63. The molecule has 1 rings (SSSR count). The molecule has 0 aliphatic heterocycles. The second kappa shape index (κ2) is 7.58. The smallest absolute Gasteiger partial charge is 0.224 e. The molecule has 0 bridgehead atoms. The van der Waals surface area contributed by atoms with Gasteiger partial charge in [0.25, 0.3) is 0 Å². The molecule has 5 heteroatoms. The molecule has 1 unspecified atom stereocenters. The minimum Gasteiger partial charge on any atom is -0.355 e. The van der Waals surface area contributed by atoms with E-state index in [4.69, 9.17) is 0 Å². The molecule has 1 aromatic carbocycles. The molecule has 1 N–H and O–H groups in total. The summed E-state index contributed by atoms with van der Waals surface area (Å²) in [6, 6.07) is 3.50. The monoisotopic (exact) mass is 333 g/mol. The van der Waals surface area contributed by atoms with Crippen LogP contribution in [0.25, 0.3) is 0 Å². The van der Waals surface area contributed by atoms with Crippen LogP contribution in [0.2, 0.25) is 0 Å². The molecule has 0 aliphatic carbocycles. The lowest BCUT2D eigenvalue weighted by Gasteiger charge is -2.13. The van der Waals surface area contributed by atoms with E-state index >= 15 is 0 Å². The van der Waals surface area contributed by atoms with Crippen molar-refractivity contribution < 1.29 is 13.6 Å². The summed E-state index contributed by atoms with van der Waals surface area (Å²) in [7, 11) is 0. The van der Waals surface area contributed by atoms with Crippen molar-refractivity contribution in [3.63, 3.8) is 0 Å². The lowest BCUT2D eigenvalue weighted by atomic mass is 10.1. The summed E-state index contributed by atoms with van der Waals surface area (Å²) in [5, 5.41) is 2.77. The third-order valence-corrected chi connectivity index (χ3v) is 3.29. The largest absolute Gasteiger partial charge is 0.355 e. The predicted molar refractivity (Wildman–Crippen MR) is 75.2 cm³/mol. The van der Waals surface area contributed by atoms with Crippen LogP contribution in [-0.2, 0) is 11.2 Å². The molecular formula is C14H18BrF2NO. The Morgan fingerprint density at radius 1 is 1.32 bits per heavy atom. The molecular weight excluding hydrogens is 316 g/mol. The number of alkyl halides is 1. The number of carbonyl (C=O) groups excluding carboxylic acids is 1. The molecule has 106 valence electrons. The lowest BCUT2D eigenvalue weighted by Crippen LogP contribution is -2.31. The minimum atomic E-state index is -0.927. The van der Waals surface area contributed by atoms with E-state index in [0.717, 1.165) is 18.6 Å². The van der Waals surface area contributed by atoms with Gasteiger partial charge in [0.15, 0.2) is 11.6 Å². The fourth-order valence-electron chi connectivity index (χ4n) is 1.72. The third-order valence-electron chi connectivity index (χ3n) is 2.60. The van der Waals surface area contributed by atoms with E-state index in [2.05, 4.69) is 35.1 Å². The van der Waals surface area contributed by atoms with Crippen LogP contribution in [0.1, 0.15) is 25.8 Å². The van der Waals surface area contributed by atoms with Crippen molar-refractivity contribution in [2.75, 3.05) is 6.54 Å². The molecule has 1 atom stereocenters. The Labute approximate surface area is 120 Å². The highest BCUT2D eigenvalue weighted by molar-refractivity contribution is 9.09. The SMILES string of the molecule is CC(C)CC(Br)CNC(=O)Cc1ccc(F)c(F)c1. The van der Waals surface area contributed by atoms with Gasteiger partial charge < -0.3 is 5.32 Å². The summed E-state index contributed by atoms with van der Waals surface area (Å²) >= 11 is 3.49. The Hall–Kier alpha value is -0.970. The molecule has 0 saturated carbocycles. The van der Waals surface area contributed by atoms with Crippen LogP contribution in [0.5, 0.6) is 0 Å². The summed E-state index contributed by atoms with van der Waals surface area (Å²) < 4.78 is 25.7. The molecule has 0 aliphatic rings. The highest BCUT2D eigenvalue weighted by Gasteiger charge is 2.10. The van der Waals surface area contributed by atoms with Crippen molar-refractivity contribution in [2.24, 2.45) is 5.92 Å². The van der Waals surface area contributed by atoms with Crippen molar-refractivity contribution >= 4 is 21.8 Å². The van der Waals surface area contributed by atoms with Crippen molar-refractivity contribution in [3.8, 4) is 0 Å². The third kappa shape index (κ3) is 6.14. The van der Waals surface area contributed by atoms with Crippen LogP contribution in [0.4, 0.5) is 8.78 Å². The van der Waals surface area contributed by atoms with Crippen LogP contribution in [0, 0.1) is 17.6 Å². The molecule has 0 heterocycles. The normalized spacial score (nSPS) is 12.5. The van der Waals surface area contributed by atoms with E-state index in [0.29, 0.717) is 18.0 Å². The average Bonchev–Trinajstić information content (AvgIpc) is 2.30. The first-order chi connectivity index (χ1) is 8.88. The molecule has 1 aromatic rings. The van der Waals surface area contributed by atoms with Gasteiger partial charge in [-0.05, 0) is 30.0 Å². The van der Waals surface area contributed by atoms with Crippen LogP contribution in [0.3, 0.4) is 0 Å². The predicted octanol–water partition coefficient (Wildman–Crippen LogP) is 3.43. The summed E-state index contributed by atoms with van der Waals surface area (Å²) in [4.78, 5) is 11.9. The summed E-state index contributed by atoms with van der Waals surface area (Å²) in [5.41, 5.74) is 0.464. The first-order valence-electron chi connectivity index (χ1n) is 6.23. The molecule has 2 nitrogen and oxygen atoms in total. The number of hydrogen-bond donors (Lipinski definition) is 1. The van der Waals surface area contributed by atoms with Crippen molar-refractivity contribution in [1.82, 2.24) is 5.32 Å². The van der Waals surface area contributed by atoms with Gasteiger partial charge in [0, 0.05) is 11.4 Å². The molecule has 0 radical (unpaired) electrons. The van der Waals surface area contributed by atoms with E-state index in [1.165, 1.54) is 6.07 Å². The van der Waals surface area contributed by atoms with Gasteiger partial charge in [0.1, 0.15) is 0 Å². The topological polar surface area (TPSA) is 29.1 Å². The van der Waals surface area contributed by atoms with Crippen LogP contribution in [-0.4, -0.2) is 17.3 Å². The maximum Gasteiger partial charge on any atom is 0.224 e. The number of halogens is 3. The van der Waals surface area contributed by atoms with Gasteiger partial charge in [-0.1, -0.05) is 35.8 Å². The van der Waals surface area contributed by atoms with Gasteiger partial charge in [0.2, 0.25) is 5.91 Å². The molecule has 1 amide bonds. The maximum atomic E-state index is 13.0. The zero-order valence-corrected chi connectivity index (χ0v) is 12.6. The minimum absolute atomic E-state index is 0.0542. The van der Waals surface area contributed by atoms with Gasteiger partial charge in [0.05, 0.1) is 6.42 Å². The summed E-state index contributed by atoms with van der Waals surface area (Å²) in [5.74, 6) is -1.48. The van der Waals surface area contributed by atoms with E-state index < -0.39 is 11.6 Å².